The Kier molecular flexibility index (Phi) is 9.72. The number of nitrogens with zero attached hydrogens (tertiary/aromatic N) is 1. The van der Waals surface area contributed by atoms with E-state index in [-0.39, 0.29) is 13.0 Å². The highest BCUT2D eigenvalue weighted by Crippen LogP contribution is 2.16. The number of carbonyl (C=O) groups excluding carboxylic acids is 4. The Hall–Kier alpha value is -3.56. The summed E-state index contributed by atoms with van der Waals surface area (Å²) >= 11 is 0. The van der Waals surface area contributed by atoms with E-state index in [0.29, 0.717) is 24.3 Å². The summed E-state index contributed by atoms with van der Waals surface area (Å²) in [6.07, 6.45) is -1.36. The second kappa shape index (κ2) is 12.9. The van der Waals surface area contributed by atoms with Crippen LogP contribution in [0.2, 0.25) is 0 Å². The zero-order valence-electron chi connectivity index (χ0n) is 20.6. The van der Waals surface area contributed by atoms with Crippen LogP contribution in [0.1, 0.15) is 37.8 Å². The maximum Gasteiger partial charge on any atom is 0.407 e. The molecule has 0 aromatic heterocycles. The summed E-state index contributed by atoms with van der Waals surface area (Å²) in [6, 6.07) is 16.8. The van der Waals surface area contributed by atoms with E-state index in [1.807, 2.05) is 60.7 Å². The Bertz CT molecular complexity index is 1040. The first-order valence-electron chi connectivity index (χ1n) is 12.1. The minimum absolute atomic E-state index is 0.0591. The zero-order valence-corrected chi connectivity index (χ0v) is 20.6. The summed E-state index contributed by atoms with van der Waals surface area (Å²) in [7, 11) is 0. The Labute approximate surface area is 210 Å². The fourth-order valence-electron chi connectivity index (χ4n) is 3.98. The van der Waals surface area contributed by atoms with Gasteiger partial charge >= 0.3 is 6.09 Å². The lowest BCUT2D eigenvalue weighted by molar-refractivity contribution is -0.161. The molecule has 1 fully saturated rings. The topological polar surface area (TPSA) is 125 Å². The predicted molar refractivity (Wildman–Crippen MR) is 132 cm³/mol. The van der Waals surface area contributed by atoms with Gasteiger partial charge in [0.2, 0.25) is 5.91 Å². The number of aliphatic hydroxyl groups excluding tert-OH is 1. The quantitative estimate of drug-likeness (QED) is 0.487. The molecule has 9 nitrogen and oxygen atoms in total. The van der Waals surface area contributed by atoms with Crippen molar-refractivity contribution in [2.45, 2.75) is 57.9 Å². The van der Waals surface area contributed by atoms with Crippen LogP contribution in [0.4, 0.5) is 4.79 Å². The summed E-state index contributed by atoms with van der Waals surface area (Å²) in [5.41, 5.74) is 1.74. The van der Waals surface area contributed by atoms with Gasteiger partial charge in [-0.15, -0.1) is 0 Å². The molecular weight excluding hydrogens is 462 g/mol. The maximum absolute atomic E-state index is 13.4. The monoisotopic (exact) mass is 495 g/mol. The lowest BCUT2D eigenvalue weighted by Gasteiger charge is -2.28. The zero-order chi connectivity index (χ0) is 26.1. The first-order valence-corrected chi connectivity index (χ1v) is 12.1. The lowest BCUT2D eigenvalue weighted by atomic mass is 10.0. The average Bonchev–Trinajstić information content (AvgIpc) is 3.35. The van der Waals surface area contributed by atoms with E-state index in [2.05, 4.69) is 10.6 Å². The first kappa shape index (κ1) is 27.0. The van der Waals surface area contributed by atoms with Crippen LogP contribution >= 0.6 is 0 Å². The van der Waals surface area contributed by atoms with E-state index in [4.69, 9.17) is 4.74 Å². The van der Waals surface area contributed by atoms with Gasteiger partial charge in [0.1, 0.15) is 18.8 Å². The SMILES string of the molecule is CC(C)C(=O)N(C(=O)C(O)CCc1ccccc1)C(=O)[C@H]1NCC[C@@H]1NC(=O)OCc1ccccc1. The van der Waals surface area contributed by atoms with E-state index >= 15 is 0 Å². The molecule has 192 valence electrons. The van der Waals surface area contributed by atoms with Gasteiger partial charge in [0.05, 0.1) is 6.04 Å². The highest BCUT2D eigenvalue weighted by Gasteiger charge is 2.43. The van der Waals surface area contributed by atoms with Crippen LogP contribution in [0.15, 0.2) is 60.7 Å². The molecule has 36 heavy (non-hydrogen) atoms. The number of hydrogen-bond acceptors (Lipinski definition) is 7. The number of nitrogens with one attached hydrogen (secondary N) is 2. The van der Waals surface area contributed by atoms with E-state index in [0.717, 1.165) is 11.1 Å². The molecule has 0 spiro atoms. The van der Waals surface area contributed by atoms with Gasteiger partial charge in [-0.25, -0.2) is 9.69 Å². The summed E-state index contributed by atoms with van der Waals surface area (Å²) < 4.78 is 5.25. The van der Waals surface area contributed by atoms with E-state index in [1.54, 1.807) is 13.8 Å². The molecule has 1 heterocycles. The molecule has 1 aliphatic rings. The number of rotatable bonds is 9. The van der Waals surface area contributed by atoms with Crippen LogP contribution in [0.25, 0.3) is 0 Å². The highest BCUT2D eigenvalue weighted by atomic mass is 16.5. The normalized spacial score (nSPS) is 17.9. The van der Waals surface area contributed by atoms with Crippen LogP contribution in [-0.2, 0) is 32.1 Å². The number of hydrogen-bond donors (Lipinski definition) is 3. The Balaban J connectivity index is 1.65. The molecule has 3 atom stereocenters. The van der Waals surface area contributed by atoms with Gasteiger partial charge in [-0.2, -0.15) is 0 Å². The van der Waals surface area contributed by atoms with E-state index in [1.165, 1.54) is 0 Å². The minimum Gasteiger partial charge on any atom is -0.445 e. The minimum atomic E-state index is -1.53. The van der Waals surface area contributed by atoms with Crippen molar-refractivity contribution in [1.82, 2.24) is 15.5 Å². The molecule has 1 aliphatic heterocycles. The molecule has 1 saturated heterocycles. The summed E-state index contributed by atoms with van der Waals surface area (Å²) in [5.74, 6) is -3.12. The van der Waals surface area contributed by atoms with Crippen LogP contribution in [0.5, 0.6) is 0 Å². The molecule has 0 aliphatic carbocycles. The van der Waals surface area contributed by atoms with Crippen molar-refractivity contribution in [3.63, 3.8) is 0 Å². The summed E-state index contributed by atoms with van der Waals surface area (Å²) in [5, 5.41) is 16.2. The smallest absolute Gasteiger partial charge is 0.407 e. The first-order chi connectivity index (χ1) is 17.3. The number of benzene rings is 2. The third kappa shape index (κ3) is 7.22. The second-order valence-electron chi connectivity index (χ2n) is 9.08. The number of ether oxygens (including phenoxy) is 1. The molecular formula is C27H33N3O6. The third-order valence-electron chi connectivity index (χ3n) is 5.99. The molecule has 3 rings (SSSR count). The van der Waals surface area contributed by atoms with Gasteiger partial charge in [0, 0.05) is 5.92 Å². The Morgan fingerprint density at radius 1 is 1.00 bits per heavy atom. The van der Waals surface area contributed by atoms with Crippen LogP contribution in [0.3, 0.4) is 0 Å². The standard InChI is InChI=1S/C27H33N3O6/c1-18(2)24(32)30(25(33)22(31)14-13-19-9-5-3-6-10-19)26(34)23-21(15-16-28-23)29-27(35)36-17-20-11-7-4-8-12-20/h3-12,18,21-23,28,31H,13-17H2,1-2H3,(H,29,35)/t21-,22?,23-/m0/s1. The van der Waals surface area contributed by atoms with Gasteiger partial charge in [0.15, 0.2) is 0 Å². The van der Waals surface area contributed by atoms with Crippen molar-refractivity contribution in [2.24, 2.45) is 5.92 Å². The Morgan fingerprint density at radius 2 is 1.61 bits per heavy atom. The second-order valence-corrected chi connectivity index (χ2v) is 9.08. The van der Waals surface area contributed by atoms with Crippen LogP contribution < -0.4 is 10.6 Å². The molecule has 0 bridgehead atoms. The number of alkyl carbamates (subject to hydrolysis) is 1. The fourth-order valence-corrected chi connectivity index (χ4v) is 3.98. The average molecular weight is 496 g/mol. The predicted octanol–water partition coefficient (Wildman–Crippen LogP) is 2.17. The number of aliphatic hydroxyl groups is 1. The van der Waals surface area contributed by atoms with Crippen molar-refractivity contribution < 1.29 is 29.0 Å². The van der Waals surface area contributed by atoms with Gasteiger partial charge in [-0.05, 0) is 36.9 Å². The third-order valence-corrected chi connectivity index (χ3v) is 5.99. The number of imide groups is 3. The molecule has 2 aromatic carbocycles. The van der Waals surface area contributed by atoms with Gasteiger partial charge in [-0.3, -0.25) is 14.4 Å². The number of aryl methyl sites for hydroxylation is 1. The van der Waals surface area contributed by atoms with Crippen molar-refractivity contribution >= 4 is 23.8 Å². The number of carbonyl (C=O) groups is 4. The number of amides is 4. The van der Waals surface area contributed by atoms with Crippen LogP contribution in [0, 0.1) is 5.92 Å². The van der Waals surface area contributed by atoms with Crippen molar-refractivity contribution in [1.29, 1.82) is 0 Å². The van der Waals surface area contributed by atoms with Crippen LogP contribution in [-0.4, -0.2) is 58.6 Å². The molecule has 4 amide bonds. The molecule has 9 heteroatoms. The largest absolute Gasteiger partial charge is 0.445 e. The van der Waals surface area contributed by atoms with Crippen molar-refractivity contribution in [2.75, 3.05) is 6.54 Å². The fraction of sp³-hybridized carbons (Fsp3) is 0.407. The van der Waals surface area contributed by atoms with Gasteiger partial charge in [0.25, 0.3) is 11.8 Å². The molecule has 0 saturated carbocycles. The summed E-state index contributed by atoms with van der Waals surface area (Å²) in [4.78, 5) is 52.3. The Morgan fingerprint density at radius 3 is 2.22 bits per heavy atom. The van der Waals surface area contributed by atoms with E-state index in [9.17, 15) is 24.3 Å². The van der Waals surface area contributed by atoms with Gasteiger partial charge < -0.3 is 20.5 Å². The molecule has 1 unspecified atom stereocenters. The maximum atomic E-state index is 13.4. The summed E-state index contributed by atoms with van der Waals surface area (Å²) in [6.45, 7) is 3.61. The molecule has 0 radical (unpaired) electrons. The van der Waals surface area contributed by atoms with E-state index < -0.39 is 47.9 Å². The van der Waals surface area contributed by atoms with Gasteiger partial charge in [-0.1, -0.05) is 74.5 Å². The van der Waals surface area contributed by atoms with Crippen molar-refractivity contribution in [3.05, 3.63) is 71.8 Å². The van der Waals surface area contributed by atoms with Crippen molar-refractivity contribution in [3.8, 4) is 0 Å². The molecule has 2 aromatic rings. The molecule has 3 N–H and O–H groups in total. The highest BCUT2D eigenvalue weighted by molar-refractivity contribution is 6.14. The lowest BCUT2D eigenvalue weighted by Crippen LogP contribution is -2.58.